The van der Waals surface area contributed by atoms with E-state index >= 15 is 0 Å². The zero-order valence-corrected chi connectivity index (χ0v) is 16.3. The fraction of sp³-hybridized carbons (Fsp3) is 0.182. The molecule has 0 aliphatic heterocycles. The molecule has 2 heterocycles. The SMILES string of the molecule is COc1cc(-c2ccc(F)cc2)cc2c(NC(C)c3ccc(C)nn3)cnnc12. The zero-order chi connectivity index (χ0) is 20.4. The van der Waals surface area contributed by atoms with Crippen LogP contribution >= 0.6 is 0 Å². The Kier molecular flexibility index (Phi) is 5.03. The molecular formula is C22H20FN5O. The molecule has 0 fully saturated rings. The van der Waals surface area contributed by atoms with Crippen molar-refractivity contribution >= 4 is 16.6 Å². The molecule has 0 spiro atoms. The van der Waals surface area contributed by atoms with Gasteiger partial charge in [-0.2, -0.15) is 15.3 Å². The van der Waals surface area contributed by atoms with Crippen LogP contribution in [-0.4, -0.2) is 27.5 Å². The van der Waals surface area contributed by atoms with Gasteiger partial charge in [-0.25, -0.2) is 4.39 Å². The second-order valence-corrected chi connectivity index (χ2v) is 6.81. The van der Waals surface area contributed by atoms with Crippen LogP contribution in [0.15, 0.2) is 54.7 Å². The minimum absolute atomic E-state index is 0.0871. The molecule has 7 heteroatoms. The summed E-state index contributed by atoms with van der Waals surface area (Å²) in [6.07, 6.45) is 1.67. The third-order valence-corrected chi connectivity index (χ3v) is 4.74. The van der Waals surface area contributed by atoms with Gasteiger partial charge in [0, 0.05) is 5.39 Å². The van der Waals surface area contributed by atoms with E-state index in [0.29, 0.717) is 11.3 Å². The molecule has 0 amide bonds. The van der Waals surface area contributed by atoms with E-state index in [1.165, 1.54) is 12.1 Å². The number of methoxy groups -OCH3 is 1. The summed E-state index contributed by atoms with van der Waals surface area (Å²) in [6, 6.07) is 14.0. The molecule has 2 aromatic carbocycles. The lowest BCUT2D eigenvalue weighted by atomic mass is 10.0. The van der Waals surface area contributed by atoms with E-state index in [4.69, 9.17) is 4.74 Å². The molecule has 146 valence electrons. The van der Waals surface area contributed by atoms with Gasteiger partial charge in [-0.1, -0.05) is 12.1 Å². The van der Waals surface area contributed by atoms with Crippen molar-refractivity contribution in [3.8, 4) is 16.9 Å². The molecule has 6 nitrogen and oxygen atoms in total. The lowest BCUT2D eigenvalue weighted by molar-refractivity contribution is 0.418. The third-order valence-electron chi connectivity index (χ3n) is 4.74. The zero-order valence-electron chi connectivity index (χ0n) is 16.3. The van der Waals surface area contributed by atoms with Crippen LogP contribution in [0.4, 0.5) is 10.1 Å². The molecule has 4 aromatic rings. The van der Waals surface area contributed by atoms with Gasteiger partial charge in [-0.15, -0.1) is 5.10 Å². The fourth-order valence-corrected chi connectivity index (χ4v) is 3.16. The molecular weight excluding hydrogens is 369 g/mol. The number of nitrogens with zero attached hydrogens (tertiary/aromatic N) is 4. The van der Waals surface area contributed by atoms with Gasteiger partial charge in [0.15, 0.2) is 0 Å². The average Bonchev–Trinajstić information content (AvgIpc) is 2.74. The van der Waals surface area contributed by atoms with Crippen LogP contribution in [0.25, 0.3) is 22.0 Å². The molecule has 2 aromatic heterocycles. The van der Waals surface area contributed by atoms with E-state index in [-0.39, 0.29) is 11.9 Å². The lowest BCUT2D eigenvalue weighted by Gasteiger charge is -2.17. The van der Waals surface area contributed by atoms with Crippen molar-refractivity contribution in [3.05, 3.63) is 71.9 Å². The van der Waals surface area contributed by atoms with Crippen molar-refractivity contribution in [1.29, 1.82) is 0 Å². The Morgan fingerprint density at radius 1 is 0.966 bits per heavy atom. The van der Waals surface area contributed by atoms with E-state index in [1.807, 2.05) is 38.1 Å². The topological polar surface area (TPSA) is 72.8 Å². The van der Waals surface area contributed by atoms with E-state index in [1.54, 1.807) is 25.4 Å². The van der Waals surface area contributed by atoms with Crippen LogP contribution < -0.4 is 10.1 Å². The number of fused-ring (bicyclic) bond motifs is 1. The number of aromatic nitrogens is 4. The van der Waals surface area contributed by atoms with Crippen LogP contribution in [-0.2, 0) is 0 Å². The van der Waals surface area contributed by atoms with Gasteiger partial charge in [0.25, 0.3) is 0 Å². The predicted octanol–water partition coefficient (Wildman–Crippen LogP) is 4.72. The number of ether oxygens (including phenoxy) is 1. The smallest absolute Gasteiger partial charge is 0.147 e. The van der Waals surface area contributed by atoms with Crippen molar-refractivity contribution in [1.82, 2.24) is 20.4 Å². The van der Waals surface area contributed by atoms with Crippen molar-refractivity contribution < 1.29 is 9.13 Å². The number of rotatable bonds is 5. The van der Waals surface area contributed by atoms with Crippen LogP contribution in [0.1, 0.15) is 24.4 Å². The van der Waals surface area contributed by atoms with Gasteiger partial charge in [0.05, 0.1) is 36.4 Å². The van der Waals surface area contributed by atoms with Crippen molar-refractivity contribution in [2.45, 2.75) is 19.9 Å². The van der Waals surface area contributed by atoms with Crippen LogP contribution in [0.3, 0.4) is 0 Å². The van der Waals surface area contributed by atoms with Crippen molar-refractivity contribution in [3.63, 3.8) is 0 Å². The van der Waals surface area contributed by atoms with Gasteiger partial charge in [0.1, 0.15) is 17.1 Å². The normalized spacial score (nSPS) is 12.0. The number of aryl methyl sites for hydroxylation is 1. The van der Waals surface area contributed by atoms with Gasteiger partial charge in [-0.3, -0.25) is 0 Å². The van der Waals surface area contributed by atoms with E-state index in [9.17, 15) is 4.39 Å². The first-order chi connectivity index (χ1) is 14.0. The molecule has 0 aliphatic carbocycles. The second-order valence-electron chi connectivity index (χ2n) is 6.81. The van der Waals surface area contributed by atoms with Crippen LogP contribution in [0.2, 0.25) is 0 Å². The summed E-state index contributed by atoms with van der Waals surface area (Å²) >= 11 is 0. The minimum atomic E-state index is -0.275. The molecule has 0 aliphatic rings. The third kappa shape index (κ3) is 3.85. The highest BCUT2D eigenvalue weighted by Gasteiger charge is 2.15. The summed E-state index contributed by atoms with van der Waals surface area (Å²) in [5, 5.41) is 21.0. The molecule has 0 radical (unpaired) electrons. The molecule has 1 atom stereocenters. The van der Waals surface area contributed by atoms with E-state index in [2.05, 4.69) is 25.7 Å². The maximum Gasteiger partial charge on any atom is 0.147 e. The quantitative estimate of drug-likeness (QED) is 0.533. The van der Waals surface area contributed by atoms with Crippen molar-refractivity contribution in [2.24, 2.45) is 0 Å². The molecule has 0 saturated heterocycles. The van der Waals surface area contributed by atoms with E-state index in [0.717, 1.165) is 33.6 Å². The Morgan fingerprint density at radius 3 is 2.45 bits per heavy atom. The summed E-state index contributed by atoms with van der Waals surface area (Å²) in [7, 11) is 1.59. The highest BCUT2D eigenvalue weighted by Crippen LogP contribution is 2.35. The number of halogens is 1. The maximum absolute atomic E-state index is 13.3. The Bertz CT molecular complexity index is 1150. The van der Waals surface area contributed by atoms with E-state index < -0.39 is 0 Å². The van der Waals surface area contributed by atoms with Crippen molar-refractivity contribution in [2.75, 3.05) is 12.4 Å². The summed E-state index contributed by atoms with van der Waals surface area (Å²) in [4.78, 5) is 0. The standard InChI is InChI=1S/C22H20FN5O/c1-13-4-9-19(27-26-13)14(2)25-20-12-24-28-22-18(20)10-16(11-21(22)29-3)15-5-7-17(23)8-6-15/h4-12,14H,1-3H3,(H,25,28). The summed E-state index contributed by atoms with van der Waals surface area (Å²) in [5.74, 6) is 0.323. The first-order valence-corrected chi connectivity index (χ1v) is 9.21. The van der Waals surface area contributed by atoms with Gasteiger partial charge >= 0.3 is 0 Å². The molecule has 1 unspecified atom stereocenters. The molecule has 1 N–H and O–H groups in total. The Hall–Kier alpha value is -3.61. The summed E-state index contributed by atoms with van der Waals surface area (Å²) < 4.78 is 18.9. The van der Waals surface area contributed by atoms with Crippen LogP contribution in [0.5, 0.6) is 5.75 Å². The number of benzene rings is 2. The monoisotopic (exact) mass is 389 g/mol. The Morgan fingerprint density at radius 2 is 1.76 bits per heavy atom. The molecule has 0 bridgehead atoms. The average molecular weight is 389 g/mol. The van der Waals surface area contributed by atoms with Gasteiger partial charge in [-0.05, 0) is 61.4 Å². The largest absolute Gasteiger partial charge is 0.494 e. The number of anilines is 1. The minimum Gasteiger partial charge on any atom is -0.494 e. The maximum atomic E-state index is 13.3. The first kappa shape index (κ1) is 18.7. The summed E-state index contributed by atoms with van der Waals surface area (Å²) in [5.41, 5.74) is 4.91. The number of hydrogen-bond acceptors (Lipinski definition) is 6. The molecule has 4 rings (SSSR count). The highest BCUT2D eigenvalue weighted by molar-refractivity contribution is 5.97. The van der Waals surface area contributed by atoms with Crippen LogP contribution in [0, 0.1) is 12.7 Å². The Balaban J connectivity index is 1.78. The number of nitrogens with one attached hydrogen (secondary N) is 1. The Labute approximate surface area is 167 Å². The highest BCUT2D eigenvalue weighted by atomic mass is 19.1. The molecule has 29 heavy (non-hydrogen) atoms. The predicted molar refractivity (Wildman–Crippen MR) is 110 cm³/mol. The van der Waals surface area contributed by atoms with Gasteiger partial charge in [0.2, 0.25) is 0 Å². The fourth-order valence-electron chi connectivity index (χ4n) is 3.16. The summed E-state index contributed by atoms with van der Waals surface area (Å²) in [6.45, 7) is 3.91. The first-order valence-electron chi connectivity index (χ1n) is 9.21. The lowest BCUT2D eigenvalue weighted by Crippen LogP contribution is -2.10. The number of hydrogen-bond donors (Lipinski definition) is 1. The molecule has 0 saturated carbocycles. The second kappa shape index (κ2) is 7.79. The van der Waals surface area contributed by atoms with Gasteiger partial charge < -0.3 is 10.1 Å².